The standard InChI is InChI=1S/C15H25N11S/c1-20-14(24-8-16)22-5-3-10(18)12-7-13(27-26-12)11(19)4-6-23-15(21-2)25-9-17/h7,10-11H,3-6,18-19H2,1-2H3,(H2,20,22,24)(H2,21,23,25). The fourth-order valence-corrected chi connectivity index (χ4v) is 2.93. The lowest BCUT2D eigenvalue weighted by atomic mass is 10.1. The van der Waals surface area contributed by atoms with Crippen LogP contribution >= 0.6 is 11.5 Å². The molecule has 0 fully saturated rings. The van der Waals surface area contributed by atoms with E-state index in [1.54, 1.807) is 14.1 Å². The Hall–Kier alpha value is -2.93. The van der Waals surface area contributed by atoms with Gasteiger partial charge in [0.25, 0.3) is 0 Å². The predicted molar refractivity (Wildman–Crippen MR) is 105 cm³/mol. The van der Waals surface area contributed by atoms with E-state index >= 15 is 0 Å². The minimum Gasteiger partial charge on any atom is -0.356 e. The molecule has 0 spiro atoms. The number of aromatic nitrogens is 1. The number of nitrogens with two attached hydrogens (primary N) is 2. The smallest absolute Gasteiger partial charge is 0.204 e. The molecule has 146 valence electrons. The molecule has 1 rings (SSSR count). The van der Waals surface area contributed by atoms with Crippen LogP contribution in [0, 0.1) is 22.9 Å². The maximum Gasteiger partial charge on any atom is 0.204 e. The summed E-state index contributed by atoms with van der Waals surface area (Å²) in [7, 11) is 3.17. The van der Waals surface area contributed by atoms with Crippen molar-refractivity contribution in [2.24, 2.45) is 21.5 Å². The highest BCUT2D eigenvalue weighted by atomic mass is 32.1. The third kappa shape index (κ3) is 7.87. The van der Waals surface area contributed by atoms with E-state index in [1.165, 1.54) is 11.5 Å². The summed E-state index contributed by atoms with van der Waals surface area (Å²) in [6, 6.07) is 1.49. The van der Waals surface area contributed by atoms with Crippen molar-refractivity contribution in [2.75, 3.05) is 27.2 Å². The minimum atomic E-state index is -0.244. The Morgan fingerprint density at radius 2 is 1.59 bits per heavy atom. The second-order valence-electron chi connectivity index (χ2n) is 5.42. The Morgan fingerprint density at radius 1 is 1.07 bits per heavy atom. The first-order chi connectivity index (χ1) is 13.0. The average Bonchev–Trinajstić information content (AvgIpc) is 3.16. The lowest BCUT2D eigenvalue weighted by Crippen LogP contribution is -2.36. The van der Waals surface area contributed by atoms with Crippen molar-refractivity contribution < 1.29 is 0 Å². The Morgan fingerprint density at radius 3 is 2.07 bits per heavy atom. The number of nitrogens with zero attached hydrogens (tertiary/aromatic N) is 5. The van der Waals surface area contributed by atoms with Crippen molar-refractivity contribution in [1.82, 2.24) is 25.6 Å². The average molecular weight is 392 g/mol. The summed E-state index contributed by atoms with van der Waals surface area (Å²) in [5.41, 5.74) is 13.2. The lowest BCUT2D eigenvalue weighted by molar-refractivity contribution is 0.619. The van der Waals surface area contributed by atoms with Crippen LogP contribution in [0.5, 0.6) is 0 Å². The third-order valence-corrected chi connectivity index (χ3v) is 4.52. The highest BCUT2D eigenvalue weighted by Crippen LogP contribution is 2.23. The van der Waals surface area contributed by atoms with Crippen LogP contribution in [0.25, 0.3) is 0 Å². The first kappa shape index (κ1) is 22.1. The molecule has 1 aromatic rings. The van der Waals surface area contributed by atoms with Gasteiger partial charge in [-0.1, -0.05) is 0 Å². The van der Waals surface area contributed by atoms with Crippen LogP contribution in [0.2, 0.25) is 0 Å². The van der Waals surface area contributed by atoms with E-state index in [0.717, 1.165) is 10.6 Å². The zero-order valence-corrected chi connectivity index (χ0v) is 16.2. The molecule has 11 nitrogen and oxygen atoms in total. The number of aliphatic imine (C=N–C) groups is 2. The molecule has 0 amide bonds. The van der Waals surface area contributed by atoms with Gasteiger partial charge in [-0.15, -0.1) is 0 Å². The number of hydrogen-bond donors (Lipinski definition) is 6. The number of guanidine groups is 2. The summed E-state index contributed by atoms with van der Waals surface area (Å²) in [5, 5.41) is 28.1. The molecular formula is C15H25N11S. The Balaban J connectivity index is 2.45. The molecule has 0 aromatic carbocycles. The summed E-state index contributed by atoms with van der Waals surface area (Å²) < 4.78 is 4.39. The zero-order valence-electron chi connectivity index (χ0n) is 15.4. The van der Waals surface area contributed by atoms with Crippen molar-refractivity contribution in [3.63, 3.8) is 0 Å². The summed E-state index contributed by atoms with van der Waals surface area (Å²) >= 11 is 1.33. The monoisotopic (exact) mass is 391 g/mol. The summed E-state index contributed by atoms with van der Waals surface area (Å²) in [5.74, 6) is 0.809. The molecule has 0 aliphatic rings. The highest BCUT2D eigenvalue weighted by molar-refractivity contribution is 7.05. The summed E-state index contributed by atoms with van der Waals surface area (Å²) in [6.07, 6.45) is 4.90. The van der Waals surface area contributed by atoms with Gasteiger partial charge < -0.3 is 22.1 Å². The first-order valence-corrected chi connectivity index (χ1v) is 9.02. The quantitative estimate of drug-likeness (QED) is 0.143. The van der Waals surface area contributed by atoms with E-state index in [-0.39, 0.29) is 12.1 Å². The Kier molecular flexibility index (Phi) is 10.2. The van der Waals surface area contributed by atoms with Crippen molar-refractivity contribution >= 4 is 23.5 Å². The maximum atomic E-state index is 8.59. The molecule has 0 aliphatic carbocycles. The fraction of sp³-hybridized carbons (Fsp3) is 0.533. The van der Waals surface area contributed by atoms with Crippen molar-refractivity contribution in [2.45, 2.75) is 24.9 Å². The topological polar surface area (TPSA) is 185 Å². The zero-order chi connectivity index (χ0) is 20.1. The predicted octanol–water partition coefficient (Wildman–Crippen LogP) is -0.785. The van der Waals surface area contributed by atoms with Crippen LogP contribution in [0.1, 0.15) is 35.5 Å². The first-order valence-electron chi connectivity index (χ1n) is 8.24. The van der Waals surface area contributed by atoms with Crippen LogP contribution in [0.15, 0.2) is 16.1 Å². The molecule has 1 aromatic heterocycles. The second kappa shape index (κ2) is 12.4. The number of nitrogens with one attached hydrogen (secondary N) is 4. The van der Waals surface area contributed by atoms with E-state index in [2.05, 4.69) is 35.6 Å². The van der Waals surface area contributed by atoms with E-state index in [9.17, 15) is 0 Å². The summed E-state index contributed by atoms with van der Waals surface area (Å²) in [6.45, 7) is 1.12. The number of nitriles is 2. The molecule has 27 heavy (non-hydrogen) atoms. The molecule has 1 heterocycles. The molecule has 8 N–H and O–H groups in total. The molecule has 0 radical (unpaired) electrons. The Bertz CT molecular complexity index is 654. The van der Waals surface area contributed by atoms with Gasteiger partial charge in [-0.25, -0.2) is 0 Å². The van der Waals surface area contributed by atoms with E-state index in [4.69, 9.17) is 22.0 Å². The summed E-state index contributed by atoms with van der Waals surface area (Å²) in [4.78, 5) is 8.74. The molecule has 2 atom stereocenters. The van der Waals surface area contributed by atoms with Crippen molar-refractivity contribution in [1.29, 1.82) is 10.5 Å². The molecular weight excluding hydrogens is 366 g/mol. The molecule has 2 unspecified atom stereocenters. The van der Waals surface area contributed by atoms with Crippen molar-refractivity contribution in [3.8, 4) is 12.4 Å². The maximum absolute atomic E-state index is 8.59. The van der Waals surface area contributed by atoms with Gasteiger partial charge in [-0.3, -0.25) is 20.6 Å². The van der Waals surface area contributed by atoms with Gasteiger partial charge in [0.05, 0.1) is 5.69 Å². The second-order valence-corrected chi connectivity index (χ2v) is 6.25. The normalized spacial score (nSPS) is 13.9. The van der Waals surface area contributed by atoms with Crippen LogP contribution in [0.4, 0.5) is 0 Å². The highest BCUT2D eigenvalue weighted by Gasteiger charge is 2.15. The minimum absolute atomic E-state index is 0.187. The van der Waals surface area contributed by atoms with Gasteiger partial charge in [0.2, 0.25) is 11.9 Å². The fourth-order valence-electron chi connectivity index (χ4n) is 2.10. The molecule has 12 heteroatoms. The van der Waals surface area contributed by atoms with E-state index in [0.29, 0.717) is 37.9 Å². The van der Waals surface area contributed by atoms with Crippen molar-refractivity contribution in [3.05, 3.63) is 16.6 Å². The van der Waals surface area contributed by atoms with Crippen LogP contribution in [-0.4, -0.2) is 43.5 Å². The molecule has 0 bridgehead atoms. The van der Waals surface area contributed by atoms with Gasteiger partial charge in [0.1, 0.15) is 0 Å². The molecule has 0 saturated carbocycles. The Labute approximate surface area is 162 Å². The van der Waals surface area contributed by atoms with Crippen LogP contribution in [0.3, 0.4) is 0 Å². The third-order valence-electron chi connectivity index (χ3n) is 3.58. The van der Waals surface area contributed by atoms with E-state index in [1.807, 2.05) is 18.5 Å². The molecule has 0 aliphatic heterocycles. The van der Waals surface area contributed by atoms with Gasteiger partial charge in [0, 0.05) is 44.1 Å². The number of rotatable bonds is 8. The number of hydrogen-bond acceptors (Lipinski definition) is 8. The van der Waals surface area contributed by atoms with E-state index < -0.39 is 0 Å². The van der Waals surface area contributed by atoms with Gasteiger partial charge in [0.15, 0.2) is 12.4 Å². The SMILES string of the molecule is CN=C(NC#N)NCCC(N)c1cc(C(N)CCNC(=NC)NC#N)sn1. The van der Waals surface area contributed by atoms with Gasteiger partial charge in [-0.05, 0) is 30.4 Å². The van der Waals surface area contributed by atoms with Crippen LogP contribution in [-0.2, 0) is 0 Å². The van der Waals surface area contributed by atoms with Gasteiger partial charge in [-0.2, -0.15) is 14.9 Å². The lowest BCUT2D eigenvalue weighted by Gasteiger charge is -2.12. The molecule has 0 saturated heterocycles. The van der Waals surface area contributed by atoms with Crippen LogP contribution < -0.4 is 32.7 Å². The van der Waals surface area contributed by atoms with Gasteiger partial charge >= 0.3 is 0 Å². The largest absolute Gasteiger partial charge is 0.356 e.